The van der Waals surface area contributed by atoms with E-state index in [1.807, 2.05) is 5.38 Å². The van der Waals surface area contributed by atoms with Gasteiger partial charge in [0.1, 0.15) is 0 Å². The maximum absolute atomic E-state index is 10.8. The minimum Gasteiger partial charge on any atom is -0.364 e. The van der Waals surface area contributed by atoms with Crippen LogP contribution in [0, 0.1) is 0 Å². The SMILES string of the molecule is CCC(CC)c1csc(C(N)=O)n1. The molecule has 1 rings (SSSR count). The van der Waals surface area contributed by atoms with Crippen molar-refractivity contribution in [1.82, 2.24) is 4.98 Å². The normalized spacial score (nSPS) is 10.7. The fourth-order valence-corrected chi connectivity index (χ4v) is 2.05. The summed E-state index contributed by atoms with van der Waals surface area (Å²) in [5.74, 6) is 0.0338. The number of carbonyl (C=O) groups excluding carboxylic acids is 1. The van der Waals surface area contributed by atoms with Crippen molar-refractivity contribution in [3.63, 3.8) is 0 Å². The van der Waals surface area contributed by atoms with Gasteiger partial charge in [-0.3, -0.25) is 4.79 Å². The molecule has 1 aromatic rings. The van der Waals surface area contributed by atoms with E-state index in [2.05, 4.69) is 18.8 Å². The number of nitrogens with zero attached hydrogens (tertiary/aromatic N) is 1. The second kappa shape index (κ2) is 4.37. The summed E-state index contributed by atoms with van der Waals surface area (Å²) in [6.45, 7) is 4.24. The molecule has 72 valence electrons. The van der Waals surface area contributed by atoms with Crippen molar-refractivity contribution in [2.75, 3.05) is 0 Å². The van der Waals surface area contributed by atoms with Crippen LogP contribution in [-0.4, -0.2) is 10.9 Å². The zero-order valence-corrected chi connectivity index (χ0v) is 8.73. The number of amides is 1. The highest BCUT2D eigenvalue weighted by Crippen LogP contribution is 2.24. The van der Waals surface area contributed by atoms with Gasteiger partial charge in [-0.15, -0.1) is 11.3 Å². The molecule has 4 heteroatoms. The van der Waals surface area contributed by atoms with Gasteiger partial charge in [0.15, 0.2) is 5.01 Å². The third-order valence-corrected chi connectivity index (χ3v) is 3.01. The lowest BCUT2D eigenvalue weighted by Gasteiger charge is -2.07. The molecule has 0 aliphatic heterocycles. The molecule has 0 aromatic carbocycles. The van der Waals surface area contributed by atoms with Gasteiger partial charge in [0.05, 0.1) is 5.69 Å². The van der Waals surface area contributed by atoms with Gasteiger partial charge in [-0.2, -0.15) is 0 Å². The predicted molar refractivity (Wildman–Crippen MR) is 54.0 cm³/mol. The third-order valence-electron chi connectivity index (χ3n) is 2.14. The highest BCUT2D eigenvalue weighted by molar-refractivity contribution is 7.11. The first kappa shape index (κ1) is 10.2. The minimum absolute atomic E-state index is 0.418. The standard InChI is InChI=1S/C9H14N2OS/c1-3-6(4-2)7-5-13-9(11-7)8(10)12/h5-6H,3-4H2,1-2H3,(H2,10,12). The lowest BCUT2D eigenvalue weighted by molar-refractivity contribution is 0.0999. The van der Waals surface area contributed by atoms with Crippen molar-refractivity contribution >= 4 is 17.2 Å². The Morgan fingerprint density at radius 3 is 2.62 bits per heavy atom. The predicted octanol–water partition coefficient (Wildman–Crippen LogP) is 2.15. The number of nitrogens with two attached hydrogens (primary N) is 1. The molecule has 13 heavy (non-hydrogen) atoms. The molecule has 1 aromatic heterocycles. The number of hydrogen-bond acceptors (Lipinski definition) is 3. The summed E-state index contributed by atoms with van der Waals surface area (Å²) < 4.78 is 0. The first-order valence-corrected chi connectivity index (χ1v) is 5.32. The van der Waals surface area contributed by atoms with Crippen molar-refractivity contribution in [2.45, 2.75) is 32.6 Å². The van der Waals surface area contributed by atoms with E-state index in [-0.39, 0.29) is 0 Å². The maximum atomic E-state index is 10.8. The minimum atomic E-state index is -0.429. The van der Waals surface area contributed by atoms with Gasteiger partial charge < -0.3 is 5.73 Å². The average molecular weight is 198 g/mol. The summed E-state index contributed by atoms with van der Waals surface area (Å²) in [6.07, 6.45) is 2.11. The zero-order valence-electron chi connectivity index (χ0n) is 7.91. The number of hydrogen-bond donors (Lipinski definition) is 1. The maximum Gasteiger partial charge on any atom is 0.277 e. The molecule has 0 unspecified atom stereocenters. The monoisotopic (exact) mass is 198 g/mol. The Bertz CT molecular complexity index is 292. The van der Waals surface area contributed by atoms with Crippen molar-refractivity contribution in [3.05, 3.63) is 16.1 Å². The molecule has 0 saturated carbocycles. The van der Waals surface area contributed by atoms with Crippen molar-refractivity contribution < 1.29 is 4.79 Å². The Morgan fingerprint density at radius 1 is 1.62 bits per heavy atom. The van der Waals surface area contributed by atoms with Gasteiger partial charge in [-0.05, 0) is 12.8 Å². The summed E-state index contributed by atoms with van der Waals surface area (Å²) in [5.41, 5.74) is 6.12. The van der Waals surface area contributed by atoms with Crippen LogP contribution in [0.4, 0.5) is 0 Å². The number of rotatable bonds is 4. The topological polar surface area (TPSA) is 56.0 Å². The van der Waals surface area contributed by atoms with Crippen LogP contribution in [-0.2, 0) is 0 Å². The molecular weight excluding hydrogens is 184 g/mol. The molecule has 3 nitrogen and oxygen atoms in total. The molecular formula is C9H14N2OS. The molecule has 0 bridgehead atoms. The first-order chi connectivity index (χ1) is 6.19. The molecule has 0 aliphatic carbocycles. The Hall–Kier alpha value is -0.900. The van der Waals surface area contributed by atoms with Crippen LogP contribution in [0.15, 0.2) is 5.38 Å². The molecule has 0 fully saturated rings. The fraction of sp³-hybridized carbons (Fsp3) is 0.556. The Balaban J connectivity index is 2.84. The van der Waals surface area contributed by atoms with Gasteiger partial charge >= 0.3 is 0 Å². The Morgan fingerprint density at radius 2 is 2.23 bits per heavy atom. The number of carbonyl (C=O) groups is 1. The number of aromatic nitrogens is 1. The van der Waals surface area contributed by atoms with Gasteiger partial charge in [-0.1, -0.05) is 13.8 Å². The van der Waals surface area contributed by atoms with Crippen molar-refractivity contribution in [3.8, 4) is 0 Å². The molecule has 1 heterocycles. The molecule has 0 atom stereocenters. The quantitative estimate of drug-likeness (QED) is 0.805. The van der Waals surface area contributed by atoms with E-state index in [4.69, 9.17) is 5.73 Å². The molecule has 1 amide bonds. The van der Waals surface area contributed by atoms with Crippen LogP contribution in [0.25, 0.3) is 0 Å². The smallest absolute Gasteiger partial charge is 0.277 e. The zero-order chi connectivity index (χ0) is 9.84. The summed E-state index contributed by atoms with van der Waals surface area (Å²) in [5, 5.41) is 2.35. The third kappa shape index (κ3) is 2.28. The van der Waals surface area contributed by atoms with Gasteiger partial charge in [0.2, 0.25) is 0 Å². The van der Waals surface area contributed by atoms with E-state index in [0.29, 0.717) is 10.9 Å². The van der Waals surface area contributed by atoms with Gasteiger partial charge in [0.25, 0.3) is 5.91 Å². The first-order valence-electron chi connectivity index (χ1n) is 4.44. The molecule has 2 N–H and O–H groups in total. The highest BCUT2D eigenvalue weighted by Gasteiger charge is 2.13. The lowest BCUT2D eigenvalue weighted by atomic mass is 10.0. The van der Waals surface area contributed by atoms with E-state index in [9.17, 15) is 4.79 Å². The number of primary amides is 1. The summed E-state index contributed by atoms with van der Waals surface area (Å²) in [7, 11) is 0. The average Bonchev–Trinajstić information content (AvgIpc) is 2.56. The van der Waals surface area contributed by atoms with E-state index in [1.165, 1.54) is 11.3 Å². The van der Waals surface area contributed by atoms with E-state index < -0.39 is 5.91 Å². The fourth-order valence-electron chi connectivity index (χ4n) is 1.29. The second-order valence-corrected chi connectivity index (χ2v) is 3.81. The largest absolute Gasteiger partial charge is 0.364 e. The highest BCUT2D eigenvalue weighted by atomic mass is 32.1. The Labute approximate surface area is 82.0 Å². The van der Waals surface area contributed by atoms with Gasteiger partial charge in [-0.25, -0.2) is 4.98 Å². The van der Waals surface area contributed by atoms with Crippen LogP contribution < -0.4 is 5.73 Å². The summed E-state index contributed by atoms with van der Waals surface area (Å²) in [6, 6.07) is 0. The van der Waals surface area contributed by atoms with E-state index in [0.717, 1.165) is 18.5 Å². The van der Waals surface area contributed by atoms with E-state index >= 15 is 0 Å². The molecule has 0 aliphatic rings. The lowest BCUT2D eigenvalue weighted by Crippen LogP contribution is -2.10. The molecule has 0 spiro atoms. The summed E-state index contributed by atoms with van der Waals surface area (Å²) in [4.78, 5) is 15.0. The van der Waals surface area contributed by atoms with Crippen LogP contribution >= 0.6 is 11.3 Å². The Kier molecular flexibility index (Phi) is 3.42. The number of thiazole rings is 1. The van der Waals surface area contributed by atoms with Gasteiger partial charge in [0, 0.05) is 11.3 Å². The van der Waals surface area contributed by atoms with E-state index in [1.54, 1.807) is 0 Å². The second-order valence-electron chi connectivity index (χ2n) is 2.96. The molecule has 0 saturated heterocycles. The van der Waals surface area contributed by atoms with Crippen LogP contribution in [0.1, 0.15) is 48.1 Å². The van der Waals surface area contributed by atoms with Crippen molar-refractivity contribution in [1.29, 1.82) is 0 Å². The summed E-state index contributed by atoms with van der Waals surface area (Å²) >= 11 is 1.33. The van der Waals surface area contributed by atoms with Crippen LogP contribution in [0.5, 0.6) is 0 Å². The van der Waals surface area contributed by atoms with Crippen LogP contribution in [0.3, 0.4) is 0 Å². The van der Waals surface area contributed by atoms with Crippen LogP contribution in [0.2, 0.25) is 0 Å². The van der Waals surface area contributed by atoms with Crippen molar-refractivity contribution in [2.24, 2.45) is 5.73 Å². The molecule has 0 radical (unpaired) electrons.